The Morgan fingerprint density at radius 2 is 1.53 bits per heavy atom. The van der Waals surface area contributed by atoms with Crippen LogP contribution in [0, 0.1) is 10.1 Å². The van der Waals surface area contributed by atoms with Gasteiger partial charge in [0.15, 0.2) is 0 Å². The molecule has 3 aromatic rings. The Kier molecular flexibility index (Phi) is 3.15. The molecule has 2 aromatic carbocycles. The number of non-ortho nitro benzene ring substituents is 1. The van der Waals surface area contributed by atoms with Crippen LogP contribution >= 0.6 is 47.8 Å². The first kappa shape index (κ1) is 13.1. The minimum absolute atomic E-state index is 0.0589. The molecule has 0 spiro atoms. The summed E-state index contributed by atoms with van der Waals surface area (Å²) >= 11 is 10.2. The van der Waals surface area contributed by atoms with Gasteiger partial charge in [0.25, 0.3) is 5.69 Å². The van der Waals surface area contributed by atoms with Crippen LogP contribution in [0.15, 0.2) is 37.7 Å². The minimum atomic E-state index is -0.384. The van der Waals surface area contributed by atoms with Crippen LogP contribution in [0.3, 0.4) is 0 Å². The van der Waals surface area contributed by atoms with Crippen molar-refractivity contribution in [3.63, 3.8) is 0 Å². The molecule has 0 radical (unpaired) electrons. The molecular weight excluding hydrogens is 444 g/mol. The first-order valence-corrected chi connectivity index (χ1v) is 7.59. The van der Waals surface area contributed by atoms with E-state index >= 15 is 0 Å². The summed E-state index contributed by atoms with van der Waals surface area (Å²) in [5.41, 5.74) is 1.44. The van der Waals surface area contributed by atoms with Gasteiger partial charge in [-0.2, -0.15) is 0 Å². The normalized spacial score (nSPS) is 11.3. The van der Waals surface area contributed by atoms with Crippen molar-refractivity contribution in [3.8, 4) is 0 Å². The summed E-state index contributed by atoms with van der Waals surface area (Å²) in [5.74, 6) is 0. The monoisotopic (exact) mass is 446 g/mol. The summed E-state index contributed by atoms with van der Waals surface area (Å²) in [5, 5.41) is 12.9. The molecular formula is C12H5Br3N2O2. The zero-order valence-electron chi connectivity index (χ0n) is 9.21. The predicted molar refractivity (Wildman–Crippen MR) is 85.6 cm³/mol. The topological polar surface area (TPSA) is 58.9 Å². The van der Waals surface area contributed by atoms with E-state index in [0.29, 0.717) is 9.99 Å². The quantitative estimate of drug-likeness (QED) is 0.394. The summed E-state index contributed by atoms with van der Waals surface area (Å²) in [4.78, 5) is 13.9. The molecule has 0 atom stereocenters. The number of rotatable bonds is 1. The van der Waals surface area contributed by atoms with Gasteiger partial charge in [0.05, 0.1) is 10.4 Å². The molecule has 1 aromatic heterocycles. The predicted octanol–water partition coefficient (Wildman–Crippen LogP) is 5.52. The smallest absolute Gasteiger partial charge is 0.294 e. The van der Waals surface area contributed by atoms with E-state index in [1.807, 2.05) is 18.2 Å². The second-order valence-electron chi connectivity index (χ2n) is 4.04. The summed E-state index contributed by atoms with van der Waals surface area (Å²) in [6.07, 6.45) is 0. The van der Waals surface area contributed by atoms with Crippen LogP contribution in [0.1, 0.15) is 0 Å². The van der Waals surface area contributed by atoms with Gasteiger partial charge in [-0.25, -0.2) is 0 Å². The highest BCUT2D eigenvalue weighted by Gasteiger charge is 2.18. The van der Waals surface area contributed by atoms with E-state index in [9.17, 15) is 10.1 Å². The second kappa shape index (κ2) is 4.57. The van der Waals surface area contributed by atoms with Crippen molar-refractivity contribution in [2.75, 3.05) is 0 Å². The number of benzene rings is 2. The van der Waals surface area contributed by atoms with E-state index in [1.54, 1.807) is 0 Å². The molecule has 0 aliphatic rings. The van der Waals surface area contributed by atoms with Crippen LogP contribution in [0.4, 0.5) is 5.69 Å². The summed E-state index contributed by atoms with van der Waals surface area (Å²) in [6.45, 7) is 0. The number of nitrogens with zero attached hydrogens (tertiary/aromatic N) is 1. The van der Waals surface area contributed by atoms with Gasteiger partial charge in [-0.05, 0) is 34.1 Å². The number of aromatic nitrogens is 1. The lowest BCUT2D eigenvalue weighted by atomic mass is 10.1. The van der Waals surface area contributed by atoms with Crippen molar-refractivity contribution in [2.45, 2.75) is 0 Å². The number of halogens is 3. The Balaban J connectivity index is 2.57. The average Bonchev–Trinajstić information content (AvgIpc) is 2.67. The molecule has 1 N–H and O–H groups in total. The molecule has 0 fully saturated rings. The fraction of sp³-hybridized carbons (Fsp3) is 0. The van der Waals surface area contributed by atoms with E-state index in [-0.39, 0.29) is 10.6 Å². The van der Waals surface area contributed by atoms with Crippen LogP contribution in [-0.4, -0.2) is 9.91 Å². The standard InChI is InChI=1S/C12H5Br3N2O2/c13-5-1-7-8-2-6(14)4-10(17(18)19)12(8)16-11(7)9(15)3-5/h1-4,16H. The average molecular weight is 449 g/mol. The number of nitro benzene ring substituents is 1. The summed E-state index contributed by atoms with van der Waals surface area (Å²) < 4.78 is 2.46. The fourth-order valence-electron chi connectivity index (χ4n) is 2.12. The lowest BCUT2D eigenvalue weighted by Gasteiger charge is -1.97. The van der Waals surface area contributed by atoms with Crippen molar-refractivity contribution < 1.29 is 4.92 Å². The maximum Gasteiger partial charge on any atom is 0.294 e. The van der Waals surface area contributed by atoms with Gasteiger partial charge >= 0.3 is 0 Å². The highest BCUT2D eigenvalue weighted by atomic mass is 79.9. The maximum atomic E-state index is 11.1. The number of hydrogen-bond acceptors (Lipinski definition) is 2. The Morgan fingerprint density at radius 3 is 2.16 bits per heavy atom. The van der Waals surface area contributed by atoms with Crippen molar-refractivity contribution in [1.82, 2.24) is 4.98 Å². The molecule has 1 heterocycles. The van der Waals surface area contributed by atoms with Crippen molar-refractivity contribution in [1.29, 1.82) is 0 Å². The molecule has 0 aliphatic carbocycles. The van der Waals surface area contributed by atoms with E-state index in [2.05, 4.69) is 52.8 Å². The lowest BCUT2D eigenvalue weighted by Crippen LogP contribution is -1.89. The van der Waals surface area contributed by atoms with Crippen LogP contribution in [0.5, 0.6) is 0 Å². The summed E-state index contributed by atoms with van der Waals surface area (Å²) in [7, 11) is 0. The third-order valence-electron chi connectivity index (χ3n) is 2.87. The first-order valence-electron chi connectivity index (χ1n) is 5.22. The molecule has 0 unspecified atom stereocenters. The molecule has 0 saturated carbocycles. The van der Waals surface area contributed by atoms with Gasteiger partial charge in [0.2, 0.25) is 0 Å². The number of nitro groups is 1. The molecule has 0 saturated heterocycles. The van der Waals surface area contributed by atoms with Crippen molar-refractivity contribution in [2.24, 2.45) is 0 Å². The molecule has 3 rings (SSSR count). The van der Waals surface area contributed by atoms with Crippen LogP contribution in [0.2, 0.25) is 0 Å². The minimum Gasteiger partial charge on any atom is -0.348 e. The third kappa shape index (κ3) is 2.09. The molecule has 7 heteroatoms. The number of fused-ring (bicyclic) bond motifs is 3. The summed E-state index contributed by atoms with van der Waals surface area (Å²) in [6, 6.07) is 7.22. The molecule has 0 bridgehead atoms. The number of nitrogens with one attached hydrogen (secondary N) is 1. The second-order valence-corrected chi connectivity index (χ2v) is 6.73. The number of H-pyrrole nitrogens is 1. The molecule has 19 heavy (non-hydrogen) atoms. The third-order valence-corrected chi connectivity index (χ3v) is 4.42. The zero-order chi connectivity index (χ0) is 13.7. The number of hydrogen-bond donors (Lipinski definition) is 1. The van der Waals surface area contributed by atoms with Crippen LogP contribution in [0.25, 0.3) is 21.8 Å². The molecule has 0 aliphatic heterocycles. The Morgan fingerprint density at radius 1 is 0.947 bits per heavy atom. The SMILES string of the molecule is O=[N+]([O-])c1cc(Br)cc2c1[nH]c1c(Br)cc(Br)cc12. The van der Waals surface area contributed by atoms with E-state index < -0.39 is 0 Å². The molecule has 96 valence electrons. The highest BCUT2D eigenvalue weighted by Crippen LogP contribution is 2.38. The first-order chi connectivity index (χ1) is 8.97. The largest absolute Gasteiger partial charge is 0.348 e. The van der Waals surface area contributed by atoms with E-state index in [0.717, 1.165) is 25.2 Å². The lowest BCUT2D eigenvalue weighted by molar-refractivity contribution is -0.383. The van der Waals surface area contributed by atoms with Crippen LogP contribution in [-0.2, 0) is 0 Å². The maximum absolute atomic E-state index is 11.1. The highest BCUT2D eigenvalue weighted by molar-refractivity contribution is 9.11. The van der Waals surface area contributed by atoms with Gasteiger partial charge in [-0.3, -0.25) is 10.1 Å². The Labute approximate surface area is 132 Å². The van der Waals surface area contributed by atoms with Gasteiger partial charge in [-0.1, -0.05) is 31.9 Å². The van der Waals surface area contributed by atoms with Gasteiger partial charge in [0, 0.05) is 30.3 Å². The fourth-order valence-corrected chi connectivity index (χ4v) is 3.89. The zero-order valence-corrected chi connectivity index (χ0v) is 14.0. The number of aromatic amines is 1. The van der Waals surface area contributed by atoms with Crippen LogP contribution < -0.4 is 0 Å². The molecule has 4 nitrogen and oxygen atoms in total. The van der Waals surface area contributed by atoms with Gasteiger partial charge in [0.1, 0.15) is 5.52 Å². The Hall–Kier alpha value is -0.920. The van der Waals surface area contributed by atoms with Crippen molar-refractivity contribution in [3.05, 3.63) is 47.8 Å². The Bertz CT molecular complexity index is 842. The van der Waals surface area contributed by atoms with E-state index in [1.165, 1.54) is 6.07 Å². The van der Waals surface area contributed by atoms with Crippen molar-refractivity contribution >= 4 is 75.3 Å². The van der Waals surface area contributed by atoms with E-state index in [4.69, 9.17) is 0 Å². The van der Waals surface area contributed by atoms with Gasteiger partial charge < -0.3 is 4.98 Å². The van der Waals surface area contributed by atoms with Gasteiger partial charge in [-0.15, -0.1) is 0 Å². The molecule has 0 amide bonds.